The van der Waals surface area contributed by atoms with Crippen molar-refractivity contribution in [3.63, 3.8) is 0 Å². The minimum Gasteiger partial charge on any atom is -0.480 e. The van der Waals surface area contributed by atoms with E-state index in [-0.39, 0.29) is 24.5 Å². The van der Waals surface area contributed by atoms with Crippen LogP contribution in [0.5, 0.6) is 0 Å². The number of hydrogen-bond donors (Lipinski definition) is 1. The summed E-state index contributed by atoms with van der Waals surface area (Å²) in [6, 6.07) is 10.0. The van der Waals surface area contributed by atoms with Crippen molar-refractivity contribution in [3.05, 3.63) is 35.9 Å². The van der Waals surface area contributed by atoms with Crippen LogP contribution in [0.15, 0.2) is 30.3 Å². The number of carbonyl (C=O) groups is 2. The monoisotopic (exact) mass is 334 g/mol. The normalized spacial score (nSPS) is 19.3. The molecule has 1 aliphatic heterocycles. The average molecular weight is 334 g/mol. The van der Waals surface area contributed by atoms with Gasteiger partial charge in [0.15, 0.2) is 0 Å². The summed E-state index contributed by atoms with van der Waals surface area (Å²) in [7, 11) is 1.75. The maximum Gasteiger partial charge on any atom is 0.317 e. The highest BCUT2D eigenvalue weighted by molar-refractivity contribution is 5.77. The number of likely N-dealkylation sites (N-methyl/N-ethyl adjacent to an activating group) is 1. The van der Waals surface area contributed by atoms with E-state index in [1.54, 1.807) is 11.9 Å². The van der Waals surface area contributed by atoms with E-state index in [4.69, 9.17) is 9.84 Å². The Labute approximate surface area is 143 Å². The second-order valence-electron chi connectivity index (χ2n) is 6.44. The predicted octanol–water partition coefficient (Wildman–Crippen LogP) is 1.42. The van der Waals surface area contributed by atoms with Gasteiger partial charge in [0, 0.05) is 26.1 Å². The van der Waals surface area contributed by atoms with Crippen molar-refractivity contribution in [3.8, 4) is 0 Å². The largest absolute Gasteiger partial charge is 0.480 e. The molecule has 24 heavy (non-hydrogen) atoms. The Hall–Kier alpha value is -1.92. The Morgan fingerprint density at radius 1 is 1.38 bits per heavy atom. The molecule has 1 N–H and O–H groups in total. The van der Waals surface area contributed by atoms with Gasteiger partial charge in [-0.05, 0) is 18.5 Å². The first-order valence-corrected chi connectivity index (χ1v) is 8.30. The maximum absolute atomic E-state index is 12.6. The van der Waals surface area contributed by atoms with Crippen molar-refractivity contribution < 1.29 is 19.4 Å². The van der Waals surface area contributed by atoms with E-state index in [0.717, 1.165) is 5.56 Å². The van der Waals surface area contributed by atoms with Crippen LogP contribution in [-0.4, -0.2) is 72.7 Å². The molecule has 0 aliphatic carbocycles. The number of carbonyl (C=O) groups excluding carboxylic acids is 1. The summed E-state index contributed by atoms with van der Waals surface area (Å²) in [6.07, 6.45) is 0.334. The van der Waals surface area contributed by atoms with Crippen LogP contribution in [0.3, 0.4) is 0 Å². The number of aliphatic carboxylic acids is 1. The zero-order chi connectivity index (χ0) is 17.5. The van der Waals surface area contributed by atoms with Crippen LogP contribution in [0.2, 0.25) is 0 Å². The van der Waals surface area contributed by atoms with Gasteiger partial charge < -0.3 is 14.7 Å². The number of amides is 1. The third-order valence-electron chi connectivity index (χ3n) is 4.26. The highest BCUT2D eigenvalue weighted by Gasteiger charge is 2.26. The summed E-state index contributed by atoms with van der Waals surface area (Å²) in [4.78, 5) is 26.8. The Balaban J connectivity index is 1.84. The fourth-order valence-corrected chi connectivity index (χ4v) is 2.99. The van der Waals surface area contributed by atoms with E-state index in [9.17, 15) is 9.59 Å². The molecule has 0 aromatic heterocycles. The third-order valence-corrected chi connectivity index (χ3v) is 4.26. The summed E-state index contributed by atoms with van der Waals surface area (Å²) in [5, 5.41) is 8.81. The number of carboxylic acids is 1. The third kappa shape index (κ3) is 5.62. The van der Waals surface area contributed by atoms with Gasteiger partial charge in [0.25, 0.3) is 0 Å². The number of nitrogens with zero attached hydrogens (tertiary/aromatic N) is 2. The average Bonchev–Trinajstić information content (AvgIpc) is 2.55. The summed E-state index contributed by atoms with van der Waals surface area (Å²) < 4.78 is 5.67. The molecule has 0 spiro atoms. The van der Waals surface area contributed by atoms with Gasteiger partial charge in [-0.1, -0.05) is 37.3 Å². The van der Waals surface area contributed by atoms with Crippen molar-refractivity contribution in [1.29, 1.82) is 0 Å². The molecule has 1 aromatic rings. The molecule has 2 unspecified atom stereocenters. The highest BCUT2D eigenvalue weighted by atomic mass is 16.5. The first kappa shape index (κ1) is 18.4. The van der Waals surface area contributed by atoms with Crippen LogP contribution in [-0.2, 0) is 14.3 Å². The van der Waals surface area contributed by atoms with E-state index >= 15 is 0 Å². The second-order valence-corrected chi connectivity index (χ2v) is 6.44. The maximum atomic E-state index is 12.6. The highest BCUT2D eigenvalue weighted by Crippen LogP contribution is 2.20. The van der Waals surface area contributed by atoms with Gasteiger partial charge in [0.2, 0.25) is 5.91 Å². The fraction of sp³-hybridized carbons (Fsp3) is 0.556. The summed E-state index contributed by atoms with van der Waals surface area (Å²) in [6.45, 7) is 4.15. The topological polar surface area (TPSA) is 70.1 Å². The lowest BCUT2D eigenvalue weighted by Gasteiger charge is -2.35. The molecule has 1 aromatic carbocycles. The van der Waals surface area contributed by atoms with Crippen LogP contribution in [0, 0.1) is 0 Å². The quantitative estimate of drug-likeness (QED) is 0.817. The van der Waals surface area contributed by atoms with Gasteiger partial charge in [-0.15, -0.1) is 0 Å². The zero-order valence-corrected chi connectivity index (χ0v) is 14.4. The second kappa shape index (κ2) is 8.80. The lowest BCUT2D eigenvalue weighted by atomic mass is 9.97. The SMILES string of the molecule is CC(CC(=O)N1CCOC(CN(C)CC(=O)O)C1)c1ccccc1. The molecular formula is C18H26N2O4. The first-order chi connectivity index (χ1) is 11.5. The summed E-state index contributed by atoms with van der Waals surface area (Å²) in [5.74, 6) is -0.562. The Morgan fingerprint density at radius 2 is 2.08 bits per heavy atom. The van der Waals surface area contributed by atoms with Crippen LogP contribution in [0.25, 0.3) is 0 Å². The molecule has 1 fully saturated rings. The van der Waals surface area contributed by atoms with E-state index < -0.39 is 5.97 Å². The number of benzene rings is 1. The van der Waals surface area contributed by atoms with Crippen LogP contribution < -0.4 is 0 Å². The minimum absolute atomic E-state index is 0.0289. The number of ether oxygens (including phenoxy) is 1. The number of morpholine rings is 1. The first-order valence-electron chi connectivity index (χ1n) is 8.30. The van der Waals surface area contributed by atoms with Crippen molar-refractivity contribution in [1.82, 2.24) is 9.80 Å². The standard InChI is InChI=1S/C18H26N2O4/c1-14(15-6-4-3-5-7-15)10-17(21)20-8-9-24-16(12-20)11-19(2)13-18(22)23/h3-7,14,16H,8-13H2,1-2H3,(H,22,23). The molecule has 1 saturated heterocycles. The number of carboxylic acid groups (broad SMARTS) is 1. The lowest BCUT2D eigenvalue weighted by molar-refractivity contribution is -0.142. The van der Waals surface area contributed by atoms with E-state index in [1.165, 1.54) is 0 Å². The minimum atomic E-state index is -0.863. The molecule has 132 valence electrons. The van der Waals surface area contributed by atoms with E-state index in [2.05, 4.69) is 6.92 Å². The van der Waals surface area contributed by atoms with Crippen molar-refractivity contribution in [2.45, 2.75) is 25.4 Å². The Morgan fingerprint density at radius 3 is 2.75 bits per heavy atom. The Bertz CT molecular complexity index is 549. The molecule has 6 heteroatoms. The van der Waals surface area contributed by atoms with E-state index in [0.29, 0.717) is 32.7 Å². The van der Waals surface area contributed by atoms with Gasteiger partial charge >= 0.3 is 5.97 Å². The molecule has 0 saturated carbocycles. The van der Waals surface area contributed by atoms with Gasteiger partial charge in [0.05, 0.1) is 19.3 Å². The van der Waals surface area contributed by atoms with Crippen molar-refractivity contribution in [2.75, 3.05) is 39.8 Å². The molecule has 0 radical (unpaired) electrons. The molecule has 2 rings (SSSR count). The molecule has 1 heterocycles. The van der Waals surface area contributed by atoms with Gasteiger partial charge in [-0.2, -0.15) is 0 Å². The van der Waals surface area contributed by atoms with Gasteiger partial charge in [0.1, 0.15) is 0 Å². The molecule has 2 atom stereocenters. The van der Waals surface area contributed by atoms with Gasteiger partial charge in [-0.3, -0.25) is 14.5 Å². The Kier molecular flexibility index (Phi) is 6.75. The molecule has 0 bridgehead atoms. The van der Waals surface area contributed by atoms with Crippen LogP contribution >= 0.6 is 0 Å². The van der Waals surface area contributed by atoms with Gasteiger partial charge in [-0.25, -0.2) is 0 Å². The molecule has 1 amide bonds. The van der Waals surface area contributed by atoms with Crippen molar-refractivity contribution >= 4 is 11.9 Å². The summed E-state index contributed by atoms with van der Waals surface area (Å²) >= 11 is 0. The van der Waals surface area contributed by atoms with Crippen LogP contribution in [0.4, 0.5) is 0 Å². The summed E-state index contributed by atoms with van der Waals surface area (Å²) in [5.41, 5.74) is 1.16. The van der Waals surface area contributed by atoms with Crippen LogP contribution in [0.1, 0.15) is 24.8 Å². The predicted molar refractivity (Wildman–Crippen MR) is 90.9 cm³/mol. The van der Waals surface area contributed by atoms with Crippen molar-refractivity contribution in [2.24, 2.45) is 0 Å². The van der Waals surface area contributed by atoms with E-state index in [1.807, 2.05) is 35.2 Å². The zero-order valence-electron chi connectivity index (χ0n) is 14.4. The number of rotatable bonds is 7. The molecule has 1 aliphatic rings. The molecule has 6 nitrogen and oxygen atoms in total. The smallest absolute Gasteiger partial charge is 0.317 e. The lowest BCUT2D eigenvalue weighted by Crippen LogP contribution is -2.49. The molecular weight excluding hydrogens is 308 g/mol. The fourth-order valence-electron chi connectivity index (χ4n) is 2.99. The number of hydrogen-bond acceptors (Lipinski definition) is 4.